The van der Waals surface area contributed by atoms with Crippen LogP contribution in [0, 0.1) is 23.1 Å². The second kappa shape index (κ2) is 14.5. The molecular formula is C40H51ClF2N6OSi. The van der Waals surface area contributed by atoms with Crippen LogP contribution in [-0.4, -0.2) is 66.4 Å². The molecule has 0 radical (unpaired) electrons. The van der Waals surface area contributed by atoms with Crippen molar-refractivity contribution in [3.63, 3.8) is 0 Å². The number of phenols is 1. The first-order chi connectivity index (χ1) is 23.9. The van der Waals surface area contributed by atoms with Crippen molar-refractivity contribution in [1.82, 2.24) is 20.3 Å². The summed E-state index contributed by atoms with van der Waals surface area (Å²) in [6.45, 7) is 17.6. The standard InChI is InChI=1S/C40H50F2N6OSi.ClH/c1-25(2)50(26(3)4,27(5)6)20-13-30-33(41)12-11-28-21-29(49)22-31(34(28)30)36-35(42)37-32(23-43-36)38(47-17-8-7-9-18-47)46-39(45-37)48-19-15-40(24-48)14-10-16-44-40;/h11-12,21-23,25-27,44,49H,7-10,14-19,24H2,1-6H3;1H. The van der Waals surface area contributed by atoms with Crippen molar-refractivity contribution in [1.29, 1.82) is 0 Å². The van der Waals surface area contributed by atoms with Gasteiger partial charge in [0.1, 0.15) is 36.7 Å². The lowest BCUT2D eigenvalue weighted by Crippen LogP contribution is -2.43. The van der Waals surface area contributed by atoms with Gasteiger partial charge in [-0.05, 0) is 85.3 Å². The molecule has 0 saturated carbocycles. The Kier molecular flexibility index (Phi) is 10.6. The van der Waals surface area contributed by atoms with Crippen LogP contribution in [0.25, 0.3) is 32.9 Å². The van der Waals surface area contributed by atoms with Crippen LogP contribution >= 0.6 is 12.4 Å². The molecule has 272 valence electrons. The number of nitrogens with zero attached hydrogens (tertiary/aromatic N) is 5. The fourth-order valence-corrected chi connectivity index (χ4v) is 14.5. The molecule has 3 saturated heterocycles. The van der Waals surface area contributed by atoms with Gasteiger partial charge in [0.15, 0.2) is 5.82 Å². The third-order valence-corrected chi connectivity index (χ3v) is 18.1. The van der Waals surface area contributed by atoms with Gasteiger partial charge >= 0.3 is 0 Å². The average molecular weight is 733 g/mol. The number of benzene rings is 2. The number of hydrogen-bond acceptors (Lipinski definition) is 7. The van der Waals surface area contributed by atoms with E-state index in [1.54, 1.807) is 18.3 Å². The minimum atomic E-state index is -2.23. The normalized spacial score (nSPS) is 19.5. The van der Waals surface area contributed by atoms with Crippen molar-refractivity contribution >= 4 is 53.9 Å². The second-order valence-electron chi connectivity index (χ2n) is 15.7. The van der Waals surface area contributed by atoms with Crippen LogP contribution in [0.1, 0.15) is 85.6 Å². The van der Waals surface area contributed by atoms with E-state index in [0.717, 1.165) is 71.2 Å². The first kappa shape index (κ1) is 37.2. The lowest BCUT2D eigenvalue weighted by Gasteiger charge is -2.38. The summed E-state index contributed by atoms with van der Waals surface area (Å²) in [6, 6.07) is 6.06. The van der Waals surface area contributed by atoms with Crippen LogP contribution in [0.4, 0.5) is 20.5 Å². The van der Waals surface area contributed by atoms with Gasteiger partial charge in [-0.3, -0.25) is 4.98 Å². The lowest BCUT2D eigenvalue weighted by molar-refractivity contribution is 0.418. The van der Waals surface area contributed by atoms with Crippen molar-refractivity contribution in [2.75, 3.05) is 42.5 Å². The van der Waals surface area contributed by atoms with E-state index in [0.29, 0.717) is 50.1 Å². The van der Waals surface area contributed by atoms with E-state index >= 15 is 8.78 Å². The van der Waals surface area contributed by atoms with Crippen LogP contribution in [0.2, 0.25) is 16.6 Å². The maximum atomic E-state index is 17.2. The number of anilines is 2. The van der Waals surface area contributed by atoms with E-state index in [4.69, 9.17) is 15.0 Å². The summed E-state index contributed by atoms with van der Waals surface area (Å²) >= 11 is 0. The van der Waals surface area contributed by atoms with Crippen molar-refractivity contribution in [2.24, 2.45) is 0 Å². The zero-order chi connectivity index (χ0) is 35.4. The van der Waals surface area contributed by atoms with Gasteiger partial charge in [0.25, 0.3) is 0 Å². The number of phenolic OH excluding ortho intramolecular Hbond substituents is 1. The summed E-state index contributed by atoms with van der Waals surface area (Å²) in [5.41, 5.74) is 5.48. The molecule has 2 N–H and O–H groups in total. The topological polar surface area (TPSA) is 77.4 Å². The number of halogens is 3. The Morgan fingerprint density at radius 3 is 2.29 bits per heavy atom. The van der Waals surface area contributed by atoms with Crippen LogP contribution in [0.5, 0.6) is 5.75 Å². The van der Waals surface area contributed by atoms with Gasteiger partial charge in [-0.15, -0.1) is 18.0 Å². The van der Waals surface area contributed by atoms with Crippen LogP contribution < -0.4 is 15.1 Å². The molecule has 3 aliphatic heterocycles. The Morgan fingerprint density at radius 1 is 0.902 bits per heavy atom. The van der Waals surface area contributed by atoms with E-state index in [2.05, 4.69) is 68.1 Å². The average Bonchev–Trinajstić information content (AvgIpc) is 3.74. The molecule has 0 aliphatic carbocycles. The van der Waals surface area contributed by atoms with Crippen molar-refractivity contribution in [3.8, 4) is 28.5 Å². The predicted molar refractivity (Wildman–Crippen MR) is 210 cm³/mol. The number of aromatic hydroxyl groups is 1. The Labute approximate surface area is 308 Å². The van der Waals surface area contributed by atoms with Gasteiger partial charge < -0.3 is 20.2 Å². The van der Waals surface area contributed by atoms with E-state index in [1.807, 2.05) is 0 Å². The summed E-state index contributed by atoms with van der Waals surface area (Å²) in [6.07, 6.45) is 8.16. The first-order valence-corrected chi connectivity index (χ1v) is 20.8. The lowest BCUT2D eigenvalue weighted by atomic mass is 9.95. The Balaban J connectivity index is 0.00000448. The maximum Gasteiger partial charge on any atom is 0.228 e. The summed E-state index contributed by atoms with van der Waals surface area (Å²) in [4.78, 5) is 19.1. The minimum absolute atomic E-state index is 0. The fraction of sp³-hybridized carbons (Fsp3) is 0.525. The minimum Gasteiger partial charge on any atom is -0.508 e. The SMILES string of the molecule is CC(C)[Si](C#Cc1c(F)ccc2cc(O)cc(-c3ncc4c(N5CCCCC5)nc(N5CCC6(CCCN6)C5)nc4c3F)c12)(C(C)C)C(C)C.Cl. The number of aromatic nitrogens is 3. The summed E-state index contributed by atoms with van der Waals surface area (Å²) in [5.74, 6) is 3.40. The van der Waals surface area contributed by atoms with Crippen molar-refractivity contribution in [2.45, 2.75) is 102 Å². The number of nitrogens with one attached hydrogen (secondary N) is 1. The fourth-order valence-electron chi connectivity index (χ4n) is 9.30. The quantitative estimate of drug-likeness (QED) is 0.151. The molecule has 3 fully saturated rings. The van der Waals surface area contributed by atoms with E-state index < -0.39 is 19.7 Å². The van der Waals surface area contributed by atoms with Gasteiger partial charge in [-0.1, -0.05) is 53.5 Å². The number of piperidine rings is 1. The van der Waals surface area contributed by atoms with Gasteiger partial charge in [0.2, 0.25) is 5.95 Å². The number of fused-ring (bicyclic) bond motifs is 2. The molecule has 7 rings (SSSR count). The smallest absolute Gasteiger partial charge is 0.228 e. The number of pyridine rings is 1. The molecule has 51 heavy (non-hydrogen) atoms. The summed E-state index contributed by atoms with van der Waals surface area (Å²) < 4.78 is 33.2. The van der Waals surface area contributed by atoms with Gasteiger partial charge in [-0.25, -0.2) is 13.8 Å². The van der Waals surface area contributed by atoms with Gasteiger partial charge in [-0.2, -0.15) is 4.98 Å². The monoisotopic (exact) mass is 732 g/mol. The summed E-state index contributed by atoms with van der Waals surface area (Å²) in [7, 11) is -2.23. The van der Waals surface area contributed by atoms with Crippen molar-refractivity contribution < 1.29 is 13.9 Å². The van der Waals surface area contributed by atoms with Crippen LogP contribution in [-0.2, 0) is 0 Å². The molecule has 1 spiro atoms. The Hall–Kier alpha value is -3.52. The molecule has 3 aliphatic rings. The largest absolute Gasteiger partial charge is 0.508 e. The third-order valence-electron chi connectivity index (χ3n) is 11.9. The van der Waals surface area contributed by atoms with Gasteiger partial charge in [0.05, 0.1) is 10.9 Å². The second-order valence-corrected chi connectivity index (χ2v) is 21.3. The van der Waals surface area contributed by atoms with Crippen LogP contribution in [0.3, 0.4) is 0 Å². The highest BCUT2D eigenvalue weighted by molar-refractivity contribution is 6.90. The third kappa shape index (κ3) is 6.55. The van der Waals surface area contributed by atoms with Gasteiger partial charge in [0, 0.05) is 48.9 Å². The number of rotatable bonds is 6. The zero-order valence-electron chi connectivity index (χ0n) is 30.7. The zero-order valence-corrected chi connectivity index (χ0v) is 32.6. The molecule has 2 aromatic carbocycles. The Morgan fingerprint density at radius 2 is 1.63 bits per heavy atom. The molecule has 2 aromatic heterocycles. The number of hydrogen-bond donors (Lipinski definition) is 2. The molecule has 11 heteroatoms. The van der Waals surface area contributed by atoms with E-state index in [-0.39, 0.29) is 40.5 Å². The molecule has 1 unspecified atom stereocenters. The highest BCUT2D eigenvalue weighted by Gasteiger charge is 2.43. The predicted octanol–water partition coefficient (Wildman–Crippen LogP) is 9.14. The molecule has 5 heterocycles. The molecule has 0 amide bonds. The maximum absolute atomic E-state index is 17.2. The van der Waals surface area contributed by atoms with Crippen molar-refractivity contribution in [3.05, 3.63) is 47.7 Å². The molecular weight excluding hydrogens is 682 g/mol. The molecule has 7 nitrogen and oxygen atoms in total. The van der Waals surface area contributed by atoms with E-state index in [9.17, 15) is 5.11 Å². The first-order valence-electron chi connectivity index (χ1n) is 18.5. The highest BCUT2D eigenvalue weighted by Crippen LogP contribution is 2.43. The summed E-state index contributed by atoms with van der Waals surface area (Å²) in [5, 5.41) is 16.2. The van der Waals surface area contributed by atoms with Crippen LogP contribution in [0.15, 0.2) is 30.5 Å². The highest BCUT2D eigenvalue weighted by atomic mass is 35.5. The molecule has 4 aromatic rings. The molecule has 1 atom stereocenters. The molecule has 0 bridgehead atoms. The van der Waals surface area contributed by atoms with E-state index in [1.165, 1.54) is 12.1 Å². The Bertz CT molecular complexity index is 1980.